The SMILES string of the molecule is NC(N)=NCCc1cc(SF)cc(SF)c1O. The quantitative estimate of drug-likeness (QED) is 0.568. The Morgan fingerprint density at radius 3 is 2.53 bits per heavy atom. The van der Waals surface area contributed by atoms with Crippen molar-refractivity contribution in [3.63, 3.8) is 0 Å². The maximum atomic E-state index is 12.5. The minimum Gasteiger partial charge on any atom is -0.506 e. The molecule has 0 fully saturated rings. The number of phenolic OH excluding ortho intramolecular Hbond substituents is 1. The Balaban J connectivity index is 2.93. The summed E-state index contributed by atoms with van der Waals surface area (Å²) in [5, 5.41) is 9.67. The average molecular weight is 279 g/mol. The third kappa shape index (κ3) is 3.97. The van der Waals surface area contributed by atoms with Gasteiger partial charge in [-0.1, -0.05) is 0 Å². The number of phenols is 1. The minimum absolute atomic E-state index is 0.0154. The van der Waals surface area contributed by atoms with E-state index >= 15 is 0 Å². The molecule has 0 unspecified atom stereocenters. The van der Waals surface area contributed by atoms with E-state index in [4.69, 9.17) is 11.5 Å². The molecule has 4 nitrogen and oxygen atoms in total. The number of rotatable bonds is 5. The summed E-state index contributed by atoms with van der Waals surface area (Å²) in [5.41, 5.74) is 10.7. The predicted octanol–water partition coefficient (Wildman–Crippen LogP) is 2.16. The van der Waals surface area contributed by atoms with Gasteiger partial charge in [-0.2, -0.15) is 7.77 Å². The van der Waals surface area contributed by atoms with E-state index < -0.39 is 0 Å². The lowest BCUT2D eigenvalue weighted by Gasteiger charge is -2.07. The monoisotopic (exact) mass is 279 g/mol. The smallest absolute Gasteiger partial charge is 0.185 e. The first-order valence-electron chi connectivity index (χ1n) is 4.57. The van der Waals surface area contributed by atoms with Gasteiger partial charge in [-0.25, -0.2) is 0 Å². The molecule has 0 atom stereocenters. The standard InChI is InChI=1S/C9H11F2N3OS2/c10-16-6-3-5(1-2-14-9(12)13)8(15)7(4-6)17-11/h3-4,15H,1-2H2,(H4,12,13,14). The number of aliphatic imine (C=N–C) groups is 1. The zero-order valence-corrected chi connectivity index (χ0v) is 10.3. The zero-order valence-electron chi connectivity index (χ0n) is 8.69. The van der Waals surface area contributed by atoms with Crippen molar-refractivity contribution >= 4 is 30.3 Å². The molecule has 0 radical (unpaired) electrons. The molecule has 1 aromatic carbocycles. The van der Waals surface area contributed by atoms with E-state index in [2.05, 4.69) is 4.99 Å². The van der Waals surface area contributed by atoms with Crippen LogP contribution < -0.4 is 11.5 Å². The van der Waals surface area contributed by atoms with Gasteiger partial charge in [-0.15, -0.1) is 0 Å². The molecule has 0 bridgehead atoms. The van der Waals surface area contributed by atoms with E-state index in [1.165, 1.54) is 12.1 Å². The maximum absolute atomic E-state index is 12.5. The number of hydrogen-bond donors (Lipinski definition) is 3. The highest BCUT2D eigenvalue weighted by molar-refractivity contribution is 7.95. The van der Waals surface area contributed by atoms with Gasteiger partial charge in [0.2, 0.25) is 0 Å². The largest absolute Gasteiger partial charge is 0.506 e. The fourth-order valence-corrected chi connectivity index (χ4v) is 2.04. The second-order valence-electron chi connectivity index (χ2n) is 3.14. The van der Waals surface area contributed by atoms with Crippen LogP contribution in [0.1, 0.15) is 5.56 Å². The van der Waals surface area contributed by atoms with Crippen LogP contribution in [-0.2, 0) is 6.42 Å². The second kappa shape index (κ2) is 6.55. The third-order valence-electron chi connectivity index (χ3n) is 1.98. The third-order valence-corrected chi connectivity index (χ3v) is 2.87. The van der Waals surface area contributed by atoms with E-state index in [0.717, 1.165) is 0 Å². The molecular weight excluding hydrogens is 268 g/mol. The van der Waals surface area contributed by atoms with Crippen LogP contribution in [0.2, 0.25) is 0 Å². The van der Waals surface area contributed by atoms with Crippen LogP contribution in [0.5, 0.6) is 5.75 Å². The summed E-state index contributed by atoms with van der Waals surface area (Å²) in [4.78, 5) is 3.94. The molecule has 17 heavy (non-hydrogen) atoms. The lowest BCUT2D eigenvalue weighted by atomic mass is 10.1. The van der Waals surface area contributed by atoms with Crippen molar-refractivity contribution in [2.24, 2.45) is 16.5 Å². The van der Waals surface area contributed by atoms with E-state index in [1.54, 1.807) is 0 Å². The van der Waals surface area contributed by atoms with Gasteiger partial charge in [0.25, 0.3) is 0 Å². The van der Waals surface area contributed by atoms with Gasteiger partial charge in [0.1, 0.15) is 5.75 Å². The summed E-state index contributed by atoms with van der Waals surface area (Å²) in [5.74, 6) is -0.276. The lowest BCUT2D eigenvalue weighted by Crippen LogP contribution is -2.23. The van der Waals surface area contributed by atoms with Crippen LogP contribution in [0.25, 0.3) is 0 Å². The normalized spacial score (nSPS) is 10.2. The summed E-state index contributed by atoms with van der Waals surface area (Å²) >= 11 is -0.152. The first-order chi connectivity index (χ1) is 8.08. The van der Waals surface area contributed by atoms with Crippen LogP contribution in [0.4, 0.5) is 7.77 Å². The van der Waals surface area contributed by atoms with Crippen molar-refractivity contribution in [1.29, 1.82) is 0 Å². The van der Waals surface area contributed by atoms with Crippen LogP contribution in [0.15, 0.2) is 26.9 Å². The molecule has 0 aliphatic rings. The number of aromatic hydroxyl groups is 1. The molecule has 0 aliphatic carbocycles. The fourth-order valence-electron chi connectivity index (χ4n) is 1.24. The minimum atomic E-state index is -0.207. The Kier molecular flexibility index (Phi) is 5.36. The van der Waals surface area contributed by atoms with E-state index in [9.17, 15) is 12.9 Å². The molecule has 5 N–H and O–H groups in total. The van der Waals surface area contributed by atoms with Crippen molar-refractivity contribution in [3.05, 3.63) is 17.7 Å². The number of benzene rings is 1. The van der Waals surface area contributed by atoms with Crippen LogP contribution >= 0.6 is 24.3 Å². The summed E-state index contributed by atoms with van der Waals surface area (Å²) in [7, 11) is 0. The van der Waals surface area contributed by atoms with E-state index in [1.807, 2.05) is 0 Å². The van der Waals surface area contributed by atoms with Gasteiger partial charge in [0.05, 0.1) is 29.2 Å². The Morgan fingerprint density at radius 1 is 1.29 bits per heavy atom. The number of hydrogen-bond acceptors (Lipinski definition) is 4. The summed E-state index contributed by atoms with van der Waals surface area (Å²) in [6.45, 7) is 0.243. The van der Waals surface area contributed by atoms with Gasteiger partial charge in [0.15, 0.2) is 5.96 Å². The number of guanidine groups is 1. The van der Waals surface area contributed by atoms with Crippen molar-refractivity contribution < 1.29 is 12.9 Å². The summed E-state index contributed by atoms with van der Waals surface area (Å²) in [6.07, 6.45) is 0.297. The zero-order chi connectivity index (χ0) is 12.8. The predicted molar refractivity (Wildman–Crippen MR) is 66.4 cm³/mol. The molecule has 0 aliphatic heterocycles. The maximum Gasteiger partial charge on any atom is 0.185 e. The van der Waals surface area contributed by atoms with Crippen molar-refractivity contribution in [2.75, 3.05) is 6.54 Å². The Morgan fingerprint density at radius 2 is 2.00 bits per heavy atom. The van der Waals surface area contributed by atoms with E-state index in [-0.39, 0.29) is 52.3 Å². The van der Waals surface area contributed by atoms with Gasteiger partial charge in [-0.05, 0) is 24.1 Å². The van der Waals surface area contributed by atoms with Crippen LogP contribution in [0, 0.1) is 0 Å². The highest BCUT2D eigenvalue weighted by Gasteiger charge is 2.11. The first-order valence-corrected chi connectivity index (χ1v) is 6.00. The highest BCUT2D eigenvalue weighted by Crippen LogP contribution is 2.37. The van der Waals surface area contributed by atoms with Crippen molar-refractivity contribution in [3.8, 4) is 5.75 Å². The molecule has 1 rings (SSSR count). The van der Waals surface area contributed by atoms with Gasteiger partial charge < -0.3 is 16.6 Å². The molecule has 0 heterocycles. The first kappa shape index (κ1) is 13.9. The van der Waals surface area contributed by atoms with Crippen molar-refractivity contribution in [1.82, 2.24) is 0 Å². The molecule has 8 heteroatoms. The molecule has 0 saturated heterocycles. The van der Waals surface area contributed by atoms with Crippen LogP contribution in [0.3, 0.4) is 0 Å². The number of halogens is 2. The molecule has 0 spiro atoms. The fraction of sp³-hybridized carbons (Fsp3) is 0.222. The van der Waals surface area contributed by atoms with Gasteiger partial charge in [-0.3, -0.25) is 4.99 Å². The topological polar surface area (TPSA) is 84.6 Å². The Labute approximate surface area is 106 Å². The molecule has 1 aromatic rings. The Bertz CT molecular complexity index is 425. The highest BCUT2D eigenvalue weighted by atomic mass is 32.2. The number of nitrogens with two attached hydrogens (primary N) is 2. The summed E-state index contributed by atoms with van der Waals surface area (Å²) in [6, 6.07) is 2.66. The molecule has 0 amide bonds. The molecular formula is C9H11F2N3OS2. The van der Waals surface area contributed by atoms with E-state index in [0.29, 0.717) is 12.0 Å². The Hall–Kier alpha value is -1.15. The van der Waals surface area contributed by atoms with Crippen molar-refractivity contribution in [2.45, 2.75) is 16.2 Å². The van der Waals surface area contributed by atoms with Gasteiger partial charge >= 0.3 is 0 Å². The number of nitrogens with zero attached hydrogens (tertiary/aromatic N) is 1. The molecule has 0 saturated carbocycles. The lowest BCUT2D eigenvalue weighted by molar-refractivity contribution is 0.453. The average Bonchev–Trinajstić information content (AvgIpc) is 2.31. The summed E-state index contributed by atoms with van der Waals surface area (Å²) < 4.78 is 24.9. The second-order valence-corrected chi connectivity index (χ2v) is 4.36. The van der Waals surface area contributed by atoms with Crippen LogP contribution in [-0.4, -0.2) is 17.6 Å². The molecule has 0 aromatic heterocycles. The van der Waals surface area contributed by atoms with Gasteiger partial charge in [0, 0.05) is 11.4 Å². The molecule has 94 valence electrons.